The third-order valence-electron chi connectivity index (χ3n) is 5.13. The van der Waals surface area contributed by atoms with Gasteiger partial charge in [0.05, 0.1) is 18.8 Å². The lowest BCUT2D eigenvalue weighted by molar-refractivity contribution is 0.670. The van der Waals surface area contributed by atoms with Crippen molar-refractivity contribution in [3.8, 4) is 0 Å². The minimum Gasteiger partial charge on any atom is -0.330 e. The predicted molar refractivity (Wildman–Crippen MR) is 143 cm³/mol. The number of rotatable bonds is 11. The zero-order valence-electron chi connectivity index (χ0n) is 18.8. The van der Waals surface area contributed by atoms with Crippen LogP contribution in [0.25, 0.3) is 6.08 Å². The first-order valence-electron chi connectivity index (χ1n) is 10.5. The molecule has 0 fully saturated rings. The molecule has 0 aliphatic carbocycles. The number of benzene rings is 2. The Morgan fingerprint density at radius 1 is 0.875 bits per heavy atom. The SMILES string of the molecule is C=C/C=C\c1c(CC)n(Cc2ccc(NSC)cc2)c(=O)n1Cc1ccc(NSC)cc1. The van der Waals surface area contributed by atoms with E-state index in [0.717, 1.165) is 40.3 Å². The monoisotopic (exact) mass is 466 g/mol. The van der Waals surface area contributed by atoms with E-state index >= 15 is 0 Å². The summed E-state index contributed by atoms with van der Waals surface area (Å²) in [7, 11) is 0. The van der Waals surface area contributed by atoms with Crippen molar-refractivity contribution in [3.63, 3.8) is 0 Å². The average molecular weight is 467 g/mol. The number of nitrogens with zero attached hydrogens (tertiary/aromatic N) is 2. The Hall–Kier alpha value is -2.77. The minimum absolute atomic E-state index is 0.00296. The van der Waals surface area contributed by atoms with Gasteiger partial charge in [-0.2, -0.15) is 0 Å². The summed E-state index contributed by atoms with van der Waals surface area (Å²) < 4.78 is 10.2. The quantitative estimate of drug-likeness (QED) is 0.273. The lowest BCUT2D eigenvalue weighted by Crippen LogP contribution is -2.26. The normalized spacial score (nSPS) is 11.1. The maximum absolute atomic E-state index is 13.5. The van der Waals surface area contributed by atoms with E-state index in [9.17, 15) is 4.79 Å². The van der Waals surface area contributed by atoms with Crippen LogP contribution < -0.4 is 15.1 Å². The lowest BCUT2D eigenvalue weighted by atomic mass is 10.1. The molecule has 7 heteroatoms. The molecule has 1 heterocycles. The van der Waals surface area contributed by atoms with Crippen molar-refractivity contribution in [2.24, 2.45) is 0 Å². The summed E-state index contributed by atoms with van der Waals surface area (Å²) in [6, 6.07) is 16.4. The van der Waals surface area contributed by atoms with Crippen molar-refractivity contribution in [2.45, 2.75) is 26.4 Å². The fourth-order valence-corrected chi connectivity index (χ4v) is 4.39. The van der Waals surface area contributed by atoms with Gasteiger partial charge in [0, 0.05) is 29.6 Å². The summed E-state index contributed by atoms with van der Waals surface area (Å²) in [5, 5.41) is 0. The molecule has 0 aliphatic rings. The van der Waals surface area contributed by atoms with Crippen molar-refractivity contribution in [1.82, 2.24) is 9.13 Å². The second-order valence-corrected chi connectivity index (χ2v) is 8.47. The van der Waals surface area contributed by atoms with Crippen molar-refractivity contribution in [3.05, 3.63) is 100 Å². The van der Waals surface area contributed by atoms with Gasteiger partial charge in [-0.25, -0.2) is 4.79 Å². The maximum Gasteiger partial charge on any atom is 0.329 e. The number of anilines is 2. The topological polar surface area (TPSA) is 51.0 Å². The highest BCUT2D eigenvalue weighted by atomic mass is 32.2. The molecule has 2 N–H and O–H groups in total. The van der Waals surface area contributed by atoms with Crippen LogP contribution >= 0.6 is 23.9 Å². The highest BCUT2D eigenvalue weighted by Gasteiger charge is 2.17. The molecule has 0 atom stereocenters. The Labute approximate surface area is 198 Å². The molecular weight excluding hydrogens is 436 g/mol. The predicted octanol–water partition coefficient (Wildman–Crippen LogP) is 5.89. The maximum atomic E-state index is 13.5. The number of nitrogens with one attached hydrogen (secondary N) is 2. The van der Waals surface area contributed by atoms with Crippen molar-refractivity contribution >= 4 is 41.3 Å². The fourth-order valence-electron chi connectivity index (χ4n) is 3.65. The Balaban J connectivity index is 1.98. The fraction of sp³-hybridized carbons (Fsp3) is 0.240. The van der Waals surface area contributed by atoms with E-state index in [4.69, 9.17) is 0 Å². The number of hydrogen-bond donors (Lipinski definition) is 2. The first kappa shape index (κ1) is 23.9. The molecule has 0 amide bonds. The molecule has 0 saturated carbocycles. The molecule has 168 valence electrons. The van der Waals surface area contributed by atoms with E-state index < -0.39 is 0 Å². The first-order valence-corrected chi connectivity index (χ1v) is 12.9. The third kappa shape index (κ3) is 5.72. The van der Waals surface area contributed by atoms with E-state index in [0.29, 0.717) is 13.1 Å². The number of imidazole rings is 1. The van der Waals surface area contributed by atoms with Gasteiger partial charge in [0.25, 0.3) is 0 Å². The molecule has 32 heavy (non-hydrogen) atoms. The third-order valence-corrected chi connectivity index (χ3v) is 6.01. The second kappa shape index (κ2) is 11.7. The average Bonchev–Trinajstić information content (AvgIpc) is 3.05. The second-order valence-electron chi connectivity index (χ2n) is 7.24. The van der Waals surface area contributed by atoms with Gasteiger partial charge >= 0.3 is 5.69 Å². The molecule has 0 aliphatic heterocycles. The van der Waals surface area contributed by atoms with Gasteiger partial charge in [-0.05, 0) is 47.9 Å². The number of hydrogen-bond acceptors (Lipinski definition) is 5. The molecule has 3 rings (SSSR count). The number of aromatic nitrogens is 2. The highest BCUT2D eigenvalue weighted by Crippen LogP contribution is 2.19. The van der Waals surface area contributed by atoms with Gasteiger partial charge < -0.3 is 9.44 Å². The van der Waals surface area contributed by atoms with Crippen molar-refractivity contribution in [2.75, 3.05) is 22.0 Å². The Morgan fingerprint density at radius 2 is 1.38 bits per heavy atom. The Morgan fingerprint density at radius 3 is 1.81 bits per heavy atom. The first-order chi connectivity index (χ1) is 15.6. The van der Waals surface area contributed by atoms with E-state index in [1.807, 2.05) is 58.1 Å². The molecule has 3 aromatic rings. The summed E-state index contributed by atoms with van der Waals surface area (Å²) in [5.74, 6) is 0. The van der Waals surface area contributed by atoms with Gasteiger partial charge in [-0.3, -0.25) is 9.13 Å². The van der Waals surface area contributed by atoms with Crippen LogP contribution in [0.2, 0.25) is 0 Å². The minimum atomic E-state index is 0.00296. The van der Waals surface area contributed by atoms with Crippen LogP contribution in [0.1, 0.15) is 29.4 Å². The molecule has 0 spiro atoms. The molecular formula is C25H30N4OS2. The van der Waals surface area contributed by atoms with E-state index in [2.05, 4.69) is 47.2 Å². The smallest absolute Gasteiger partial charge is 0.329 e. The van der Waals surface area contributed by atoms with Crippen LogP contribution in [0.4, 0.5) is 11.4 Å². The zero-order valence-corrected chi connectivity index (χ0v) is 20.4. The van der Waals surface area contributed by atoms with Crippen LogP contribution in [0.3, 0.4) is 0 Å². The summed E-state index contributed by atoms with van der Waals surface area (Å²) in [6.07, 6.45) is 10.4. The molecule has 0 unspecified atom stereocenters. The van der Waals surface area contributed by atoms with Gasteiger partial charge in [0.15, 0.2) is 0 Å². The van der Waals surface area contributed by atoms with Gasteiger partial charge in [0.2, 0.25) is 0 Å². The molecule has 0 saturated heterocycles. The van der Waals surface area contributed by atoms with Gasteiger partial charge in [-0.1, -0.05) is 73.8 Å². The highest BCUT2D eigenvalue weighted by molar-refractivity contribution is 8.00. The molecule has 5 nitrogen and oxygen atoms in total. The van der Waals surface area contributed by atoms with E-state index in [1.54, 1.807) is 30.0 Å². The largest absolute Gasteiger partial charge is 0.330 e. The number of allylic oxidation sites excluding steroid dienone is 2. The standard InChI is InChI=1S/C25H30N4OS2/c1-5-7-8-24-23(6-2)28(17-19-9-13-21(14-10-19)26-31-3)25(30)29(24)18-20-11-15-22(16-12-20)27-32-4/h5,7-16,26-27H,1,6,17-18H2,2-4H3/b8-7-. The lowest BCUT2D eigenvalue weighted by Gasteiger charge is -2.08. The Bertz CT molecular complexity index is 1110. The summed E-state index contributed by atoms with van der Waals surface area (Å²) >= 11 is 3.12. The molecule has 2 aromatic carbocycles. The summed E-state index contributed by atoms with van der Waals surface area (Å²) in [4.78, 5) is 13.5. The summed E-state index contributed by atoms with van der Waals surface area (Å²) in [5.41, 5.74) is 6.24. The van der Waals surface area contributed by atoms with Gasteiger partial charge in [0.1, 0.15) is 0 Å². The van der Waals surface area contributed by atoms with E-state index in [1.165, 1.54) is 0 Å². The van der Waals surface area contributed by atoms with Crippen LogP contribution in [0.15, 0.2) is 72.1 Å². The van der Waals surface area contributed by atoms with Crippen molar-refractivity contribution < 1.29 is 0 Å². The molecule has 1 aromatic heterocycles. The summed E-state index contributed by atoms with van der Waals surface area (Å²) in [6.45, 7) is 6.95. The Kier molecular flexibility index (Phi) is 8.76. The van der Waals surface area contributed by atoms with Crippen molar-refractivity contribution in [1.29, 1.82) is 0 Å². The van der Waals surface area contributed by atoms with Crippen LogP contribution in [-0.2, 0) is 19.5 Å². The zero-order chi connectivity index (χ0) is 22.9. The molecule has 0 radical (unpaired) electrons. The van der Waals surface area contributed by atoms with Crippen LogP contribution in [0.5, 0.6) is 0 Å². The van der Waals surface area contributed by atoms with E-state index in [-0.39, 0.29) is 5.69 Å². The van der Waals surface area contributed by atoms with Crippen LogP contribution in [-0.4, -0.2) is 21.6 Å². The van der Waals surface area contributed by atoms with Crippen LogP contribution in [0, 0.1) is 0 Å². The van der Waals surface area contributed by atoms with Gasteiger partial charge in [-0.15, -0.1) is 0 Å². The molecule has 0 bridgehead atoms.